The van der Waals surface area contributed by atoms with Gasteiger partial charge in [0.25, 0.3) is 9.05 Å². The molecular formula is C10H10ClNO5S3. The van der Waals surface area contributed by atoms with E-state index in [0.29, 0.717) is 4.70 Å². The molecule has 0 aliphatic heterocycles. The van der Waals surface area contributed by atoms with Gasteiger partial charge < -0.3 is 4.74 Å². The van der Waals surface area contributed by atoms with Gasteiger partial charge in [-0.25, -0.2) is 21.8 Å². The number of fused-ring (bicyclic) bond motifs is 1. The number of aromatic nitrogens is 1. The van der Waals surface area contributed by atoms with Crippen molar-refractivity contribution in [2.24, 2.45) is 0 Å². The minimum atomic E-state index is -4.12. The minimum Gasteiger partial charge on any atom is -0.492 e. The van der Waals surface area contributed by atoms with E-state index in [4.69, 9.17) is 15.4 Å². The Bertz CT molecular complexity index is 870. The lowest BCUT2D eigenvalue weighted by Crippen LogP contribution is -2.01. The van der Waals surface area contributed by atoms with Crippen LogP contribution in [0.1, 0.15) is 6.92 Å². The number of sulfone groups is 1. The number of rotatable bonds is 4. The van der Waals surface area contributed by atoms with E-state index in [1.54, 1.807) is 13.0 Å². The molecule has 1 aromatic heterocycles. The third-order valence-electron chi connectivity index (χ3n) is 2.32. The summed E-state index contributed by atoms with van der Waals surface area (Å²) in [6, 6.07) is 2.99. The van der Waals surface area contributed by atoms with Crippen molar-refractivity contribution in [2.75, 3.05) is 12.9 Å². The van der Waals surface area contributed by atoms with Crippen LogP contribution in [0.15, 0.2) is 21.4 Å². The molecule has 1 heterocycles. The fraction of sp³-hybridized carbons (Fsp3) is 0.300. The smallest absolute Gasteiger partial charge is 0.267 e. The van der Waals surface area contributed by atoms with Gasteiger partial charge in [-0.1, -0.05) is 0 Å². The zero-order valence-corrected chi connectivity index (χ0v) is 13.7. The van der Waals surface area contributed by atoms with Crippen molar-refractivity contribution >= 4 is 51.1 Å². The quantitative estimate of drug-likeness (QED) is 0.779. The second kappa shape index (κ2) is 5.14. The molecule has 6 nitrogen and oxygen atoms in total. The standard InChI is InChI=1S/C10H10ClNO5S3/c1-3-17-6-4-5-7-8(9(6)20(11,15)16)12-10(18-7)19(2,13)14/h4-5H,3H2,1-2H3. The van der Waals surface area contributed by atoms with Gasteiger partial charge in [0.1, 0.15) is 11.3 Å². The van der Waals surface area contributed by atoms with Crippen LogP contribution in [0.25, 0.3) is 10.2 Å². The first-order chi connectivity index (χ1) is 9.14. The molecule has 2 rings (SSSR count). The molecule has 0 N–H and O–H groups in total. The van der Waals surface area contributed by atoms with Crippen LogP contribution in [0.2, 0.25) is 0 Å². The van der Waals surface area contributed by atoms with Gasteiger partial charge in [0, 0.05) is 16.9 Å². The van der Waals surface area contributed by atoms with Gasteiger partial charge in [0.2, 0.25) is 14.2 Å². The number of benzene rings is 1. The summed E-state index contributed by atoms with van der Waals surface area (Å²) in [5.41, 5.74) is 0.0105. The van der Waals surface area contributed by atoms with Gasteiger partial charge in [0.15, 0.2) is 4.90 Å². The SMILES string of the molecule is CCOc1ccc2sc(S(C)(=O)=O)nc2c1S(=O)(=O)Cl. The molecule has 2 aromatic rings. The maximum Gasteiger partial charge on any atom is 0.267 e. The van der Waals surface area contributed by atoms with Crippen molar-refractivity contribution < 1.29 is 21.6 Å². The van der Waals surface area contributed by atoms with Gasteiger partial charge in [-0.3, -0.25) is 0 Å². The topological polar surface area (TPSA) is 90.4 Å². The van der Waals surface area contributed by atoms with Crippen LogP contribution < -0.4 is 4.74 Å². The molecule has 0 fully saturated rings. The van der Waals surface area contributed by atoms with E-state index in [0.717, 1.165) is 17.6 Å². The highest BCUT2D eigenvalue weighted by atomic mass is 35.7. The third kappa shape index (κ3) is 2.90. The predicted molar refractivity (Wildman–Crippen MR) is 76.9 cm³/mol. The van der Waals surface area contributed by atoms with Crippen LogP contribution in [-0.4, -0.2) is 34.7 Å². The highest BCUT2D eigenvalue weighted by molar-refractivity contribution is 8.14. The second-order valence-electron chi connectivity index (χ2n) is 3.86. The summed E-state index contributed by atoms with van der Waals surface area (Å²) in [6.45, 7) is 1.94. The Hall–Kier alpha value is -0.900. The van der Waals surface area contributed by atoms with Gasteiger partial charge in [0.05, 0.1) is 11.3 Å². The van der Waals surface area contributed by atoms with E-state index in [-0.39, 0.29) is 27.1 Å². The number of thiazole rings is 1. The molecule has 20 heavy (non-hydrogen) atoms. The van der Waals surface area contributed by atoms with Crippen LogP contribution in [0.3, 0.4) is 0 Å². The number of hydrogen-bond donors (Lipinski definition) is 0. The largest absolute Gasteiger partial charge is 0.492 e. The Morgan fingerprint density at radius 1 is 1.30 bits per heavy atom. The van der Waals surface area contributed by atoms with Crippen LogP contribution in [0, 0.1) is 0 Å². The zero-order valence-electron chi connectivity index (χ0n) is 10.5. The summed E-state index contributed by atoms with van der Waals surface area (Å²) in [4.78, 5) is 3.58. The summed E-state index contributed by atoms with van der Waals surface area (Å²) in [5.74, 6) is 0.0559. The van der Waals surface area contributed by atoms with Crippen LogP contribution >= 0.6 is 22.0 Å². The molecule has 0 saturated heterocycles. The lowest BCUT2D eigenvalue weighted by atomic mass is 10.3. The second-order valence-corrected chi connectivity index (χ2v) is 9.59. The molecule has 0 spiro atoms. The first-order valence-electron chi connectivity index (χ1n) is 5.35. The highest BCUT2D eigenvalue weighted by Gasteiger charge is 2.25. The minimum absolute atomic E-state index is 0.0105. The number of nitrogens with zero attached hydrogens (tertiary/aromatic N) is 1. The van der Waals surface area contributed by atoms with Gasteiger partial charge >= 0.3 is 0 Å². The summed E-state index contributed by atoms with van der Waals surface area (Å²) >= 11 is 0.884. The molecule has 0 atom stereocenters. The highest BCUT2D eigenvalue weighted by Crippen LogP contribution is 2.37. The first kappa shape index (κ1) is 15.5. The van der Waals surface area contributed by atoms with Crippen LogP contribution in [-0.2, 0) is 18.9 Å². The molecule has 0 saturated carbocycles. The van der Waals surface area contributed by atoms with E-state index < -0.39 is 18.9 Å². The monoisotopic (exact) mass is 355 g/mol. The summed E-state index contributed by atoms with van der Waals surface area (Å²) in [7, 11) is -2.23. The van der Waals surface area contributed by atoms with Crippen molar-refractivity contribution in [3.05, 3.63) is 12.1 Å². The maximum absolute atomic E-state index is 11.7. The molecule has 0 amide bonds. The van der Waals surface area contributed by atoms with Crippen molar-refractivity contribution in [1.82, 2.24) is 4.98 Å². The third-order valence-corrected chi connectivity index (χ3v) is 6.36. The zero-order chi connectivity index (χ0) is 15.1. The summed E-state index contributed by atoms with van der Waals surface area (Å²) in [5, 5.41) is 0. The van der Waals surface area contributed by atoms with E-state index in [1.807, 2.05) is 0 Å². The van der Waals surface area contributed by atoms with Gasteiger partial charge in [-0.05, 0) is 19.1 Å². The predicted octanol–water partition coefficient (Wildman–Crippen LogP) is 2.03. The van der Waals surface area contributed by atoms with E-state index >= 15 is 0 Å². The van der Waals surface area contributed by atoms with Crippen molar-refractivity contribution in [1.29, 1.82) is 0 Å². The van der Waals surface area contributed by atoms with Crippen LogP contribution in [0.4, 0.5) is 0 Å². The van der Waals surface area contributed by atoms with Crippen molar-refractivity contribution in [2.45, 2.75) is 16.2 Å². The average Bonchev–Trinajstić information content (AvgIpc) is 2.70. The molecule has 1 aromatic carbocycles. The van der Waals surface area contributed by atoms with Crippen molar-refractivity contribution in [3.63, 3.8) is 0 Å². The molecule has 10 heteroatoms. The molecule has 0 bridgehead atoms. The molecule has 110 valence electrons. The summed E-state index contributed by atoms with van der Waals surface area (Å²) in [6.07, 6.45) is 1.00. The van der Waals surface area contributed by atoms with E-state index in [2.05, 4.69) is 4.98 Å². The number of halogens is 1. The Morgan fingerprint density at radius 2 is 1.95 bits per heavy atom. The Balaban J connectivity index is 2.88. The molecule has 0 aliphatic rings. The Labute approximate surface area is 124 Å². The fourth-order valence-electron chi connectivity index (χ4n) is 1.59. The first-order valence-corrected chi connectivity index (χ1v) is 10.4. The van der Waals surface area contributed by atoms with Crippen LogP contribution in [0.5, 0.6) is 5.75 Å². The molecule has 0 radical (unpaired) electrons. The van der Waals surface area contributed by atoms with E-state index in [9.17, 15) is 16.8 Å². The van der Waals surface area contributed by atoms with Gasteiger partial charge in [-0.2, -0.15) is 0 Å². The molecular weight excluding hydrogens is 346 g/mol. The average molecular weight is 356 g/mol. The molecule has 0 unspecified atom stereocenters. The normalized spacial score (nSPS) is 12.8. The lowest BCUT2D eigenvalue weighted by molar-refractivity contribution is 0.332. The Kier molecular flexibility index (Phi) is 3.98. The summed E-state index contributed by atoms with van der Waals surface area (Å²) < 4.78 is 51.9. The lowest BCUT2D eigenvalue weighted by Gasteiger charge is -2.07. The number of hydrogen-bond acceptors (Lipinski definition) is 7. The maximum atomic E-state index is 11.7. The van der Waals surface area contributed by atoms with E-state index in [1.165, 1.54) is 6.07 Å². The fourth-order valence-corrected chi connectivity index (χ4v) is 4.70. The molecule has 0 aliphatic carbocycles. The number of ether oxygens (including phenoxy) is 1. The Morgan fingerprint density at radius 3 is 2.45 bits per heavy atom. The van der Waals surface area contributed by atoms with Gasteiger partial charge in [-0.15, -0.1) is 11.3 Å². The van der Waals surface area contributed by atoms with Crippen molar-refractivity contribution in [3.8, 4) is 5.75 Å².